The van der Waals surface area contributed by atoms with Gasteiger partial charge >= 0.3 is 10.2 Å². The summed E-state index contributed by atoms with van der Waals surface area (Å²) in [5.74, 6) is -1.85. The summed E-state index contributed by atoms with van der Waals surface area (Å²) >= 11 is 0. The lowest BCUT2D eigenvalue weighted by atomic mass is 10.1. The maximum absolute atomic E-state index is 13.3. The van der Waals surface area contributed by atoms with E-state index in [2.05, 4.69) is 0 Å². The first-order chi connectivity index (χ1) is 12.7. The number of primary amides is 1. The smallest absolute Gasteiger partial charge is 0.311 e. The number of nitrogens with zero attached hydrogens (tertiary/aromatic N) is 2. The molecule has 5 nitrogen and oxygen atoms in total. The summed E-state index contributed by atoms with van der Waals surface area (Å²) in [6.07, 6.45) is 0. The second-order valence-electron chi connectivity index (χ2n) is 5.72. The van der Waals surface area contributed by atoms with Gasteiger partial charge in [0.05, 0.1) is 16.7 Å². The van der Waals surface area contributed by atoms with Gasteiger partial charge in [0.1, 0.15) is 11.0 Å². The molecule has 0 radical (unpaired) electrons. The lowest BCUT2D eigenvalue weighted by Gasteiger charge is -2.41. The molecule has 0 fully saturated rings. The highest BCUT2D eigenvalue weighted by molar-refractivity contribution is 8.45. The van der Waals surface area contributed by atoms with E-state index in [4.69, 9.17) is 11.0 Å². The van der Waals surface area contributed by atoms with Crippen LogP contribution < -0.4 is 10.6 Å². The quantitative estimate of drug-likeness (QED) is 0.694. The molecule has 11 heteroatoms. The number of nitriles is 1. The molecular weight excluding hydrogens is 405 g/mol. The van der Waals surface area contributed by atoms with Gasteiger partial charge in [-0.25, -0.2) is 0 Å². The molecule has 2 aromatic rings. The van der Waals surface area contributed by atoms with E-state index in [1.165, 1.54) is 31.2 Å². The number of benzene rings is 2. The average Bonchev–Trinajstić information content (AvgIpc) is 2.60. The number of carbonyl (C=O) groups is 2. The van der Waals surface area contributed by atoms with Gasteiger partial charge in [0.2, 0.25) is 5.91 Å². The van der Waals surface area contributed by atoms with Crippen molar-refractivity contribution in [2.24, 2.45) is 5.73 Å². The molecule has 2 amide bonds. The lowest BCUT2D eigenvalue weighted by Crippen LogP contribution is -2.32. The summed E-state index contributed by atoms with van der Waals surface area (Å²) in [7, 11) is -10.2. The molecule has 0 aliphatic heterocycles. The van der Waals surface area contributed by atoms with Gasteiger partial charge in [0.25, 0.3) is 5.91 Å². The zero-order valence-corrected chi connectivity index (χ0v) is 15.2. The van der Waals surface area contributed by atoms with Crippen LogP contribution in [0.5, 0.6) is 0 Å². The number of rotatable bonds is 5. The Kier molecular flexibility index (Phi) is 4.69. The van der Waals surface area contributed by atoms with Crippen molar-refractivity contribution in [3.63, 3.8) is 0 Å². The second-order valence-corrected chi connectivity index (χ2v) is 8.10. The largest absolute Gasteiger partial charge is 0.366 e. The second kappa shape index (κ2) is 6.20. The Balaban J connectivity index is 2.66. The highest BCUT2D eigenvalue weighted by Crippen LogP contribution is 3.02. The molecule has 0 spiro atoms. The van der Waals surface area contributed by atoms with E-state index in [0.717, 1.165) is 17.0 Å². The number of hydrogen-bond acceptors (Lipinski definition) is 3. The predicted molar refractivity (Wildman–Crippen MR) is 94.9 cm³/mol. The zero-order valence-electron chi connectivity index (χ0n) is 14.3. The number of carbonyl (C=O) groups excluding carboxylic acids is 2. The fourth-order valence-electron chi connectivity index (χ4n) is 2.56. The maximum atomic E-state index is 13.3. The van der Waals surface area contributed by atoms with E-state index in [0.29, 0.717) is 6.07 Å². The molecule has 0 saturated heterocycles. The SMILES string of the molecule is CCN(C(=O)c1ccccc1C(N)=O)c1ccc(C#N)c(S(F)(F)(F)(F)F)c1. The van der Waals surface area contributed by atoms with E-state index in [1.54, 1.807) is 0 Å². The third-order valence-electron chi connectivity index (χ3n) is 3.80. The Morgan fingerprint density at radius 1 is 1.07 bits per heavy atom. The van der Waals surface area contributed by atoms with Crippen molar-refractivity contribution in [2.45, 2.75) is 11.8 Å². The summed E-state index contributed by atoms with van der Waals surface area (Å²) in [5, 5.41) is 8.79. The Bertz CT molecular complexity index is 1020. The highest BCUT2D eigenvalue weighted by Gasteiger charge is 2.66. The van der Waals surface area contributed by atoms with Crippen LogP contribution in [0.2, 0.25) is 0 Å². The molecule has 2 N–H and O–H groups in total. The number of hydrogen-bond donors (Lipinski definition) is 1. The third-order valence-corrected chi connectivity index (χ3v) is 4.97. The number of amides is 2. The van der Waals surface area contributed by atoms with Crippen LogP contribution in [0.3, 0.4) is 0 Å². The van der Waals surface area contributed by atoms with Crippen LogP contribution in [0.15, 0.2) is 47.4 Å². The molecule has 2 rings (SSSR count). The maximum Gasteiger partial charge on any atom is 0.311 e. The van der Waals surface area contributed by atoms with Gasteiger partial charge < -0.3 is 10.6 Å². The normalized spacial score (nSPS) is 13.8. The lowest BCUT2D eigenvalue weighted by molar-refractivity contribution is 0.0961. The van der Waals surface area contributed by atoms with Gasteiger partial charge in [-0.1, -0.05) is 31.6 Å². The van der Waals surface area contributed by atoms with Crippen molar-refractivity contribution in [3.8, 4) is 6.07 Å². The summed E-state index contributed by atoms with van der Waals surface area (Å²) in [4.78, 5) is 22.7. The van der Waals surface area contributed by atoms with Crippen molar-refractivity contribution in [1.82, 2.24) is 0 Å². The molecule has 0 aromatic heterocycles. The fraction of sp³-hybridized carbons (Fsp3) is 0.118. The minimum Gasteiger partial charge on any atom is -0.366 e. The van der Waals surface area contributed by atoms with Crippen molar-refractivity contribution in [2.75, 3.05) is 11.4 Å². The molecule has 0 aliphatic rings. The molecule has 0 bridgehead atoms. The van der Waals surface area contributed by atoms with Gasteiger partial charge in [-0.3, -0.25) is 9.59 Å². The van der Waals surface area contributed by atoms with Crippen LogP contribution in [0.25, 0.3) is 0 Å². The first-order valence-corrected chi connectivity index (χ1v) is 9.63. The van der Waals surface area contributed by atoms with E-state index < -0.39 is 38.2 Å². The average molecular weight is 419 g/mol. The van der Waals surface area contributed by atoms with Crippen molar-refractivity contribution in [3.05, 3.63) is 59.2 Å². The summed E-state index contributed by atoms with van der Waals surface area (Å²) in [5.41, 5.74) is 3.06. The van der Waals surface area contributed by atoms with Crippen molar-refractivity contribution < 1.29 is 29.0 Å². The first kappa shape index (κ1) is 21.2. The first-order valence-electron chi connectivity index (χ1n) is 7.68. The van der Waals surface area contributed by atoms with Gasteiger partial charge in [-0.2, -0.15) is 5.26 Å². The number of anilines is 1. The molecule has 0 atom stereocenters. The molecule has 28 heavy (non-hydrogen) atoms. The monoisotopic (exact) mass is 419 g/mol. The van der Waals surface area contributed by atoms with E-state index in [1.807, 2.05) is 0 Å². The Labute approximate surface area is 156 Å². The summed E-state index contributed by atoms with van der Waals surface area (Å²) in [6.45, 7) is 1.21. The summed E-state index contributed by atoms with van der Waals surface area (Å²) < 4.78 is 66.6. The topological polar surface area (TPSA) is 87.2 Å². The van der Waals surface area contributed by atoms with Gasteiger partial charge in [0, 0.05) is 12.2 Å². The minimum absolute atomic E-state index is 0.0639. The minimum atomic E-state index is -10.2. The van der Waals surface area contributed by atoms with Gasteiger partial charge in [-0.05, 0) is 37.3 Å². The molecule has 150 valence electrons. The van der Waals surface area contributed by atoms with Crippen LogP contribution in [0, 0.1) is 11.3 Å². The predicted octanol–water partition coefficient (Wildman–Crippen LogP) is 4.98. The summed E-state index contributed by atoms with van der Waals surface area (Å²) in [6, 6.07) is 7.99. The van der Waals surface area contributed by atoms with Crippen LogP contribution >= 0.6 is 10.2 Å². The van der Waals surface area contributed by atoms with Crippen molar-refractivity contribution >= 4 is 27.7 Å². The number of halogens is 5. The highest BCUT2D eigenvalue weighted by atomic mass is 32.5. The molecule has 0 heterocycles. The molecule has 0 saturated carbocycles. The van der Waals surface area contributed by atoms with Crippen LogP contribution in [0.1, 0.15) is 33.2 Å². The molecule has 2 aromatic carbocycles. The zero-order chi connectivity index (χ0) is 21.4. The molecular formula is C17H14F5N3O2S. The van der Waals surface area contributed by atoms with Crippen molar-refractivity contribution in [1.29, 1.82) is 5.26 Å². The Hall–Kier alpha value is -3.13. The van der Waals surface area contributed by atoms with Gasteiger partial charge in [0.15, 0.2) is 0 Å². The van der Waals surface area contributed by atoms with Crippen LogP contribution in [-0.2, 0) is 0 Å². The van der Waals surface area contributed by atoms with Crippen LogP contribution in [-0.4, -0.2) is 18.4 Å². The molecule has 0 aliphatic carbocycles. The fourth-order valence-corrected chi connectivity index (χ4v) is 3.44. The van der Waals surface area contributed by atoms with E-state index in [-0.39, 0.29) is 23.7 Å². The standard InChI is InChI=1S/C17H14F5N3O2S/c1-2-25(17(27)14-6-4-3-5-13(14)16(24)26)12-8-7-11(10-23)15(9-12)28(18,19,20,21)22/h3-9H,2H2,1H3,(H2,24,26). The van der Waals surface area contributed by atoms with Gasteiger partial charge in [-0.15, -0.1) is 0 Å². The third kappa shape index (κ3) is 4.23. The Morgan fingerprint density at radius 2 is 1.64 bits per heavy atom. The van der Waals surface area contributed by atoms with E-state index in [9.17, 15) is 29.0 Å². The van der Waals surface area contributed by atoms with Crippen LogP contribution in [0.4, 0.5) is 25.1 Å². The molecule has 0 unspecified atom stereocenters. The number of nitrogens with two attached hydrogens (primary N) is 1. The Morgan fingerprint density at radius 3 is 2.11 bits per heavy atom. The van der Waals surface area contributed by atoms with E-state index >= 15 is 0 Å².